The maximum atomic E-state index is 12.7. The highest BCUT2D eigenvalue weighted by Crippen LogP contribution is 2.47. The summed E-state index contributed by atoms with van der Waals surface area (Å²) in [4.78, 5) is 25.3. The molecule has 0 aromatic heterocycles. The van der Waals surface area contributed by atoms with E-state index in [1.807, 2.05) is 62.4 Å². The molecule has 1 aliphatic rings. The molecule has 0 radical (unpaired) electrons. The van der Waals surface area contributed by atoms with E-state index in [1.54, 1.807) is 0 Å². The van der Waals surface area contributed by atoms with Crippen molar-refractivity contribution in [3.8, 4) is 0 Å². The van der Waals surface area contributed by atoms with Crippen LogP contribution in [0.15, 0.2) is 48.5 Å². The minimum Gasteiger partial charge on any atom is -0.351 e. The Hall–Kier alpha value is -2.62. The lowest BCUT2D eigenvalue weighted by Crippen LogP contribution is -2.39. The average Bonchev–Trinajstić information content (AvgIpc) is 3.43. The van der Waals surface area contributed by atoms with Crippen LogP contribution in [0.4, 0.5) is 5.69 Å². The van der Waals surface area contributed by atoms with Crippen molar-refractivity contribution in [2.45, 2.75) is 39.7 Å². The Labute approximate surface area is 148 Å². The summed E-state index contributed by atoms with van der Waals surface area (Å²) in [6.45, 7) is 4.52. The molecule has 3 rings (SSSR count). The number of benzene rings is 2. The van der Waals surface area contributed by atoms with Crippen LogP contribution < -0.4 is 10.6 Å². The predicted octanol–water partition coefficient (Wildman–Crippen LogP) is 3.59. The number of aryl methyl sites for hydroxylation is 2. The van der Waals surface area contributed by atoms with E-state index < -0.39 is 5.41 Å². The molecule has 130 valence electrons. The van der Waals surface area contributed by atoms with Crippen LogP contribution in [0.2, 0.25) is 0 Å². The molecule has 2 N–H and O–H groups in total. The molecule has 2 aromatic rings. The predicted molar refractivity (Wildman–Crippen MR) is 99.1 cm³/mol. The van der Waals surface area contributed by atoms with Crippen molar-refractivity contribution in [3.05, 3.63) is 65.2 Å². The molecular weight excluding hydrogens is 312 g/mol. The SMILES string of the molecule is CCc1ccccc1NC(=O)C1(C(=O)NCc2ccc(C)cc2)CC1. The van der Waals surface area contributed by atoms with Gasteiger partial charge >= 0.3 is 0 Å². The van der Waals surface area contributed by atoms with Crippen molar-refractivity contribution in [1.82, 2.24) is 5.32 Å². The quantitative estimate of drug-likeness (QED) is 0.792. The number of anilines is 1. The first-order valence-corrected chi connectivity index (χ1v) is 8.78. The van der Waals surface area contributed by atoms with E-state index in [0.29, 0.717) is 19.4 Å². The summed E-state index contributed by atoms with van der Waals surface area (Å²) in [5.74, 6) is -0.380. The smallest absolute Gasteiger partial charge is 0.240 e. The molecule has 4 heteroatoms. The first-order valence-electron chi connectivity index (χ1n) is 8.78. The van der Waals surface area contributed by atoms with Crippen molar-refractivity contribution >= 4 is 17.5 Å². The molecule has 0 heterocycles. The fraction of sp³-hybridized carbons (Fsp3) is 0.333. The highest BCUT2D eigenvalue weighted by molar-refractivity contribution is 6.13. The van der Waals surface area contributed by atoms with Gasteiger partial charge in [-0.15, -0.1) is 0 Å². The monoisotopic (exact) mass is 336 g/mol. The highest BCUT2D eigenvalue weighted by Gasteiger charge is 2.56. The van der Waals surface area contributed by atoms with Gasteiger partial charge in [0.1, 0.15) is 5.41 Å². The van der Waals surface area contributed by atoms with Crippen LogP contribution in [0.3, 0.4) is 0 Å². The van der Waals surface area contributed by atoms with Crippen molar-refractivity contribution < 1.29 is 9.59 Å². The molecule has 25 heavy (non-hydrogen) atoms. The topological polar surface area (TPSA) is 58.2 Å². The number of para-hydroxylation sites is 1. The Balaban J connectivity index is 1.63. The molecule has 0 saturated heterocycles. The van der Waals surface area contributed by atoms with Crippen LogP contribution >= 0.6 is 0 Å². The fourth-order valence-corrected chi connectivity index (χ4v) is 2.93. The van der Waals surface area contributed by atoms with E-state index in [0.717, 1.165) is 23.2 Å². The highest BCUT2D eigenvalue weighted by atomic mass is 16.2. The third-order valence-corrected chi connectivity index (χ3v) is 4.84. The maximum Gasteiger partial charge on any atom is 0.240 e. The van der Waals surface area contributed by atoms with Gasteiger partial charge in [0.15, 0.2) is 0 Å². The first kappa shape index (κ1) is 17.2. The molecule has 2 aromatic carbocycles. The largest absolute Gasteiger partial charge is 0.351 e. The Kier molecular flexibility index (Phi) is 4.88. The van der Waals surface area contributed by atoms with E-state index in [1.165, 1.54) is 5.56 Å². The van der Waals surface area contributed by atoms with Crippen molar-refractivity contribution in [3.63, 3.8) is 0 Å². The molecule has 0 unspecified atom stereocenters. The van der Waals surface area contributed by atoms with Crippen LogP contribution in [0.25, 0.3) is 0 Å². The Bertz CT molecular complexity index is 777. The Morgan fingerprint density at radius 3 is 2.32 bits per heavy atom. The summed E-state index contributed by atoms with van der Waals surface area (Å²) in [6, 6.07) is 15.7. The molecular formula is C21H24N2O2. The third-order valence-electron chi connectivity index (χ3n) is 4.84. The Morgan fingerprint density at radius 1 is 1.00 bits per heavy atom. The van der Waals surface area contributed by atoms with Crippen molar-refractivity contribution in [1.29, 1.82) is 0 Å². The summed E-state index contributed by atoms with van der Waals surface area (Å²) >= 11 is 0. The van der Waals surface area contributed by atoms with Crippen LogP contribution in [0.5, 0.6) is 0 Å². The summed E-state index contributed by atoms with van der Waals surface area (Å²) in [7, 11) is 0. The summed E-state index contributed by atoms with van der Waals surface area (Å²) in [6.07, 6.45) is 2.04. The second-order valence-corrected chi connectivity index (χ2v) is 6.72. The molecule has 0 atom stereocenters. The lowest BCUT2D eigenvalue weighted by Gasteiger charge is -2.17. The number of amides is 2. The molecule has 0 aliphatic heterocycles. The van der Waals surface area contributed by atoms with Crippen molar-refractivity contribution in [2.24, 2.45) is 5.41 Å². The van der Waals surface area contributed by atoms with E-state index in [9.17, 15) is 9.59 Å². The van der Waals surface area contributed by atoms with Crippen molar-refractivity contribution in [2.75, 3.05) is 5.32 Å². The number of hydrogen-bond donors (Lipinski definition) is 2. The minimum atomic E-state index is -0.911. The molecule has 1 saturated carbocycles. The summed E-state index contributed by atoms with van der Waals surface area (Å²) in [5, 5.41) is 5.87. The molecule has 2 amide bonds. The van der Waals surface area contributed by atoms with E-state index in [4.69, 9.17) is 0 Å². The fourth-order valence-electron chi connectivity index (χ4n) is 2.93. The minimum absolute atomic E-state index is 0.181. The van der Waals surface area contributed by atoms with Gasteiger partial charge in [0.05, 0.1) is 0 Å². The Morgan fingerprint density at radius 2 is 1.68 bits per heavy atom. The van der Waals surface area contributed by atoms with Gasteiger partial charge in [-0.3, -0.25) is 9.59 Å². The maximum absolute atomic E-state index is 12.7. The normalized spacial score (nSPS) is 14.6. The average molecular weight is 336 g/mol. The first-order chi connectivity index (χ1) is 12.0. The van der Waals surface area contributed by atoms with Gasteiger partial charge in [0, 0.05) is 12.2 Å². The zero-order valence-electron chi connectivity index (χ0n) is 14.8. The second kappa shape index (κ2) is 7.09. The molecule has 0 spiro atoms. The van der Waals surface area contributed by atoms with Gasteiger partial charge in [0.2, 0.25) is 11.8 Å². The zero-order valence-corrected chi connectivity index (χ0v) is 14.8. The van der Waals surface area contributed by atoms with Crippen LogP contribution in [0.1, 0.15) is 36.5 Å². The number of rotatable bonds is 6. The van der Waals surface area contributed by atoms with Crippen LogP contribution in [-0.2, 0) is 22.6 Å². The second-order valence-electron chi connectivity index (χ2n) is 6.72. The lowest BCUT2D eigenvalue weighted by molar-refractivity contribution is -0.134. The van der Waals surface area contributed by atoms with E-state index in [2.05, 4.69) is 10.6 Å². The molecule has 1 aliphatic carbocycles. The van der Waals surface area contributed by atoms with Gasteiger partial charge in [-0.1, -0.05) is 55.0 Å². The van der Waals surface area contributed by atoms with Gasteiger partial charge in [-0.2, -0.15) is 0 Å². The molecule has 4 nitrogen and oxygen atoms in total. The number of carbonyl (C=O) groups is 2. The van der Waals surface area contributed by atoms with Crippen LogP contribution in [-0.4, -0.2) is 11.8 Å². The standard InChI is InChI=1S/C21H24N2O2/c1-3-17-6-4-5-7-18(17)23-20(25)21(12-13-21)19(24)22-14-16-10-8-15(2)9-11-16/h4-11H,3,12-14H2,1-2H3,(H,22,24)(H,23,25). The van der Waals surface area contributed by atoms with E-state index in [-0.39, 0.29) is 11.8 Å². The lowest BCUT2D eigenvalue weighted by atomic mass is 10.0. The summed E-state index contributed by atoms with van der Waals surface area (Å²) in [5.41, 5.74) is 3.18. The third kappa shape index (κ3) is 3.73. The number of carbonyl (C=O) groups excluding carboxylic acids is 2. The number of hydrogen-bond acceptors (Lipinski definition) is 2. The van der Waals surface area contributed by atoms with E-state index >= 15 is 0 Å². The molecule has 1 fully saturated rings. The molecule has 0 bridgehead atoms. The van der Waals surface area contributed by atoms with Crippen LogP contribution in [0, 0.1) is 12.3 Å². The van der Waals surface area contributed by atoms with Gasteiger partial charge in [-0.05, 0) is 43.4 Å². The number of nitrogens with one attached hydrogen (secondary N) is 2. The van der Waals surface area contributed by atoms with Gasteiger partial charge in [0.25, 0.3) is 0 Å². The van der Waals surface area contributed by atoms with Gasteiger partial charge < -0.3 is 10.6 Å². The zero-order chi connectivity index (χ0) is 17.9. The van der Waals surface area contributed by atoms with Gasteiger partial charge in [-0.25, -0.2) is 0 Å². The summed E-state index contributed by atoms with van der Waals surface area (Å²) < 4.78 is 0.